The molecule has 19 heterocycles. The molecule has 24 bridgehead atoms. The van der Waals surface area contributed by atoms with Gasteiger partial charge in [0.1, 0.15) is 0 Å². The van der Waals surface area contributed by atoms with Crippen LogP contribution in [-0.4, -0.2) is 0 Å². The molecule has 0 aromatic heterocycles. The van der Waals surface area contributed by atoms with E-state index < -0.39 is 0 Å². The normalized spacial score (nSPS) is 11.7. The molecule has 0 saturated heterocycles. The number of hydrogen-bond donors (Lipinski definition) is 0. The largest absolute Gasteiger partial charge is 0.311 e. The summed E-state index contributed by atoms with van der Waals surface area (Å²) in [6, 6.07) is 164. The van der Waals surface area contributed by atoms with E-state index in [0.717, 1.165) is 169 Å². The predicted octanol–water partition coefficient (Wildman–Crippen LogP) is 29.2. The first-order valence-electron chi connectivity index (χ1n) is 41.8. The molecule has 0 spiro atoms. The number of anilines is 18. The van der Waals surface area contributed by atoms with Gasteiger partial charge in [0, 0.05) is 169 Å². The van der Waals surface area contributed by atoms with Gasteiger partial charge < -0.3 is 29.4 Å². The maximum absolute atomic E-state index is 3.44. The zero-order valence-electron chi connectivity index (χ0n) is 68.7. The zero-order valence-corrected chi connectivity index (χ0v) is 68.7. The van der Waals surface area contributed by atoms with Crippen molar-refractivity contribution in [3.63, 3.8) is 0 Å². The molecule has 37 rings (SSSR count). The number of rotatable bonds is 6. The summed E-state index contributed by atoms with van der Waals surface area (Å²) in [7, 11) is 0. The first-order chi connectivity index (χ1) is 62.4. The second-order valence-corrected chi connectivity index (χ2v) is 30.1. The van der Waals surface area contributed by atoms with Crippen LogP contribution in [-0.2, 0) is 0 Å². The maximum Gasteiger partial charge on any atom is 0.0462 e. The molecule has 0 N–H and O–H groups in total. The molecule has 6 nitrogen and oxygen atoms in total. The SMILES string of the molecule is C1#Cc2ccc(cc2)N(c2ccccc2)c2ccc(cc2)C#Cc2ccc(cc2)N(c2ccccc2)c2ccc(cc2)C#Cc2ccc(cc2)N(c2ccccc2)c2ccc(cc2)C#Cc2ccc(cc2)N(c2ccccc2)c2ccc(cc2)C#Cc2ccc(cc2)N(c2ccccc2)c2ccc(cc2)C#Cc2ccc(cc2)N(c2ccccc2)c2ccc1cc2. The lowest BCUT2D eigenvalue weighted by Gasteiger charge is -2.25. The molecule has 0 fully saturated rings. The molecule has 0 unspecified atom stereocenters. The Hall–Kier alpha value is -17.9. The summed E-state index contributed by atoms with van der Waals surface area (Å²) in [6.45, 7) is 0. The zero-order chi connectivity index (χ0) is 84.4. The number of para-hydroxylation sites is 6. The first kappa shape index (κ1) is 78.0. The van der Waals surface area contributed by atoms with Crippen molar-refractivity contribution < 1.29 is 0 Å². The third-order valence-corrected chi connectivity index (χ3v) is 21.7. The average molecular weight is 1600 g/mol. The fourth-order valence-corrected chi connectivity index (χ4v) is 15.3. The van der Waals surface area contributed by atoms with Crippen molar-refractivity contribution in [3.05, 3.63) is 540 Å². The first-order valence-corrected chi connectivity index (χ1v) is 41.8. The lowest BCUT2D eigenvalue weighted by Crippen LogP contribution is -2.09. The van der Waals surface area contributed by atoms with Gasteiger partial charge in [-0.15, -0.1) is 0 Å². The molecule has 19 aliphatic heterocycles. The van der Waals surface area contributed by atoms with E-state index in [2.05, 4.69) is 537 Å². The van der Waals surface area contributed by atoms with Crippen LogP contribution in [0.4, 0.5) is 102 Å². The summed E-state index contributed by atoms with van der Waals surface area (Å²) < 4.78 is 0. The molecule has 0 aliphatic carbocycles. The van der Waals surface area contributed by atoms with Gasteiger partial charge in [-0.2, -0.15) is 0 Å². The van der Waals surface area contributed by atoms with Crippen LogP contribution in [0.5, 0.6) is 0 Å². The standard InChI is InChI=1S/C120H78N6/c1-7-19-103(20-8-1)121-109-67-43-91(44-68-109)31-33-93-47-71-111(72-48-93)122(104-21-9-2-10-22-104)113-75-51-95(52-76-113)35-37-97-55-79-115(80-56-97)124(106-25-13-4-14-26-106)117-83-59-99(60-84-117)39-41-101-63-87-119(88-64-101)126(108-29-17-6-18-30-108)120-89-65-102(66-90-120)42-40-100-61-85-118(86-62-100)125(107-27-15-5-16-28-107)116-81-57-98(58-82-116)38-36-96-53-77-114(78-54-96)123(105-23-11-3-12-24-105)112-73-49-94(50-74-112)34-32-92-45-69-110(121)70-46-92/h1-30,43-90H. The Bertz CT molecular complexity index is 5760. The van der Waals surface area contributed by atoms with Crippen molar-refractivity contribution in [3.8, 4) is 71.0 Å². The van der Waals surface area contributed by atoms with E-state index in [4.69, 9.17) is 0 Å². The topological polar surface area (TPSA) is 19.4 Å². The predicted molar refractivity (Wildman–Crippen MR) is 523 cm³/mol. The fraction of sp³-hybridized carbons (Fsp3) is 0. The molecule has 18 aromatic carbocycles. The highest BCUT2D eigenvalue weighted by atomic mass is 15.2. The average Bonchev–Trinajstić information content (AvgIpc) is 0.823. The van der Waals surface area contributed by atoms with Crippen LogP contribution in [0, 0.1) is 71.0 Å². The van der Waals surface area contributed by atoms with Gasteiger partial charge in [0.05, 0.1) is 0 Å². The highest BCUT2D eigenvalue weighted by molar-refractivity contribution is 5.84. The van der Waals surface area contributed by atoms with Crippen molar-refractivity contribution in [2.24, 2.45) is 0 Å². The summed E-state index contributed by atoms with van der Waals surface area (Å²) in [5.41, 5.74) is 29.3. The second kappa shape index (κ2) is 37.2. The van der Waals surface area contributed by atoms with E-state index in [-0.39, 0.29) is 0 Å². The monoisotopic (exact) mass is 1600 g/mol. The molecule has 0 radical (unpaired) electrons. The molecule has 0 amide bonds. The van der Waals surface area contributed by atoms with Gasteiger partial charge in [-0.3, -0.25) is 0 Å². The van der Waals surface area contributed by atoms with Crippen molar-refractivity contribution in [2.75, 3.05) is 29.4 Å². The quantitative estimate of drug-likeness (QED) is 0.153. The summed E-state index contributed by atoms with van der Waals surface area (Å²) >= 11 is 0. The third-order valence-electron chi connectivity index (χ3n) is 21.7. The number of hydrogen-bond acceptors (Lipinski definition) is 6. The smallest absolute Gasteiger partial charge is 0.0462 e. The van der Waals surface area contributed by atoms with E-state index in [9.17, 15) is 0 Å². The molecule has 126 heavy (non-hydrogen) atoms. The van der Waals surface area contributed by atoms with Gasteiger partial charge in [-0.1, -0.05) is 180 Å². The third kappa shape index (κ3) is 18.4. The van der Waals surface area contributed by atoms with Gasteiger partial charge in [0.25, 0.3) is 0 Å². The molecule has 18 aromatic rings. The van der Waals surface area contributed by atoms with Crippen molar-refractivity contribution in [2.45, 2.75) is 0 Å². The molecule has 0 atom stereocenters. The Labute approximate surface area is 737 Å². The fourth-order valence-electron chi connectivity index (χ4n) is 15.3. The number of benzene rings is 18. The van der Waals surface area contributed by atoms with Crippen LogP contribution in [0.2, 0.25) is 0 Å². The Morgan fingerprint density at radius 3 is 0.230 bits per heavy atom. The summed E-state index contributed by atoms with van der Waals surface area (Å²) in [6.07, 6.45) is 0. The minimum absolute atomic E-state index is 0.909. The minimum Gasteiger partial charge on any atom is -0.311 e. The molecular weight excluding hydrogens is 1530 g/mol. The van der Waals surface area contributed by atoms with E-state index in [0.29, 0.717) is 0 Å². The van der Waals surface area contributed by atoms with Crippen molar-refractivity contribution in [1.29, 1.82) is 0 Å². The van der Waals surface area contributed by atoms with E-state index in [1.54, 1.807) is 0 Å². The van der Waals surface area contributed by atoms with Crippen LogP contribution >= 0.6 is 0 Å². The van der Waals surface area contributed by atoms with E-state index in [1.165, 1.54) is 0 Å². The molecule has 6 heteroatoms. The van der Waals surface area contributed by atoms with Gasteiger partial charge in [0.2, 0.25) is 0 Å². The highest BCUT2D eigenvalue weighted by Crippen LogP contribution is 2.42. The Balaban J connectivity index is 0.609. The Morgan fingerprint density at radius 1 is 0.0794 bits per heavy atom. The number of nitrogens with zero attached hydrogens (tertiary/aromatic N) is 6. The van der Waals surface area contributed by atoms with Crippen LogP contribution in [0.15, 0.2) is 473 Å². The van der Waals surface area contributed by atoms with Crippen LogP contribution in [0.3, 0.4) is 0 Å². The summed E-state index contributed by atoms with van der Waals surface area (Å²) in [4.78, 5) is 13.5. The lowest BCUT2D eigenvalue weighted by atomic mass is 10.1. The summed E-state index contributed by atoms with van der Waals surface area (Å²) in [5.74, 6) is 41.3. The molecule has 588 valence electrons. The summed E-state index contributed by atoms with van der Waals surface area (Å²) in [5, 5.41) is 0. The Morgan fingerprint density at radius 2 is 0.151 bits per heavy atom. The maximum atomic E-state index is 3.44. The molecule has 19 aliphatic rings. The van der Waals surface area contributed by atoms with E-state index in [1.807, 2.05) is 36.4 Å². The second-order valence-electron chi connectivity index (χ2n) is 30.1. The minimum atomic E-state index is 0.909. The lowest BCUT2D eigenvalue weighted by molar-refractivity contribution is 1.28. The van der Waals surface area contributed by atoms with Gasteiger partial charge in [0.15, 0.2) is 0 Å². The molecular formula is C120H78N6. The van der Waals surface area contributed by atoms with Crippen molar-refractivity contribution in [1.82, 2.24) is 0 Å². The van der Waals surface area contributed by atoms with Crippen LogP contribution in [0.25, 0.3) is 0 Å². The van der Waals surface area contributed by atoms with Gasteiger partial charge >= 0.3 is 0 Å². The van der Waals surface area contributed by atoms with Gasteiger partial charge in [-0.25, -0.2) is 0 Å². The van der Waals surface area contributed by atoms with E-state index >= 15 is 0 Å². The van der Waals surface area contributed by atoms with Crippen LogP contribution in [0.1, 0.15) is 66.8 Å². The molecule has 0 saturated carbocycles. The van der Waals surface area contributed by atoms with Crippen molar-refractivity contribution >= 4 is 102 Å². The van der Waals surface area contributed by atoms with Gasteiger partial charge in [-0.05, 0) is 364 Å². The Kier molecular flexibility index (Phi) is 23.0. The van der Waals surface area contributed by atoms with Crippen LogP contribution < -0.4 is 29.4 Å². The highest BCUT2D eigenvalue weighted by Gasteiger charge is 2.20.